The van der Waals surface area contributed by atoms with E-state index < -0.39 is 0 Å². The van der Waals surface area contributed by atoms with Gasteiger partial charge in [0.2, 0.25) is 0 Å². The SMILES string of the molecule is COC[C@@H]1CCCN(C(=O)c2ccc(-c3ccc(O)cc3)nc2)C1. The molecule has 1 amide bonds. The first-order chi connectivity index (χ1) is 11.7. The van der Waals surface area contributed by atoms with Gasteiger partial charge in [0, 0.05) is 32.0 Å². The molecule has 1 aliphatic rings. The highest BCUT2D eigenvalue weighted by molar-refractivity contribution is 5.94. The number of piperidine rings is 1. The van der Waals surface area contributed by atoms with Crippen LogP contribution in [0.2, 0.25) is 0 Å². The molecule has 1 aromatic carbocycles. The molecule has 0 bridgehead atoms. The van der Waals surface area contributed by atoms with Crippen molar-refractivity contribution in [3.05, 3.63) is 48.2 Å². The second-order valence-electron chi connectivity index (χ2n) is 6.19. The zero-order valence-electron chi connectivity index (χ0n) is 13.8. The van der Waals surface area contributed by atoms with Gasteiger partial charge in [-0.1, -0.05) is 0 Å². The highest BCUT2D eigenvalue weighted by Crippen LogP contribution is 2.22. The largest absolute Gasteiger partial charge is 0.508 e. The van der Waals surface area contributed by atoms with Crippen molar-refractivity contribution in [2.75, 3.05) is 26.8 Å². The molecule has 1 N–H and O–H groups in total. The molecule has 0 radical (unpaired) electrons. The Balaban J connectivity index is 1.70. The number of benzene rings is 1. The number of likely N-dealkylation sites (tertiary alicyclic amines) is 1. The van der Waals surface area contributed by atoms with E-state index in [9.17, 15) is 9.90 Å². The minimum atomic E-state index is 0.0283. The molecule has 5 heteroatoms. The van der Waals surface area contributed by atoms with E-state index in [1.54, 1.807) is 37.6 Å². The quantitative estimate of drug-likeness (QED) is 0.938. The van der Waals surface area contributed by atoms with Gasteiger partial charge in [0.05, 0.1) is 17.9 Å². The first kappa shape index (κ1) is 16.5. The maximum absolute atomic E-state index is 12.7. The van der Waals surface area contributed by atoms with Gasteiger partial charge in [-0.25, -0.2) is 0 Å². The summed E-state index contributed by atoms with van der Waals surface area (Å²) in [7, 11) is 1.70. The summed E-state index contributed by atoms with van der Waals surface area (Å²) in [6.45, 7) is 2.23. The predicted octanol–water partition coefficient (Wildman–Crippen LogP) is 2.95. The lowest BCUT2D eigenvalue weighted by atomic mass is 9.98. The Hall–Kier alpha value is -2.40. The van der Waals surface area contributed by atoms with Crippen molar-refractivity contribution >= 4 is 5.91 Å². The molecule has 0 spiro atoms. The number of hydrogen-bond donors (Lipinski definition) is 1. The second kappa shape index (κ2) is 7.45. The van der Waals surface area contributed by atoms with E-state index in [1.807, 2.05) is 17.0 Å². The number of pyridine rings is 1. The number of phenols is 1. The summed E-state index contributed by atoms with van der Waals surface area (Å²) in [6, 6.07) is 10.5. The molecule has 2 heterocycles. The van der Waals surface area contributed by atoms with E-state index in [-0.39, 0.29) is 11.7 Å². The number of carbonyl (C=O) groups excluding carboxylic acids is 1. The van der Waals surface area contributed by atoms with Crippen molar-refractivity contribution in [2.24, 2.45) is 5.92 Å². The number of aromatic nitrogens is 1. The molecule has 1 aliphatic heterocycles. The summed E-state index contributed by atoms with van der Waals surface area (Å²) in [5.41, 5.74) is 2.29. The van der Waals surface area contributed by atoms with E-state index in [4.69, 9.17) is 4.74 Å². The summed E-state index contributed by atoms with van der Waals surface area (Å²) in [6.07, 6.45) is 3.75. The topological polar surface area (TPSA) is 62.7 Å². The van der Waals surface area contributed by atoms with Crippen LogP contribution >= 0.6 is 0 Å². The van der Waals surface area contributed by atoms with Gasteiger partial charge in [0.1, 0.15) is 5.75 Å². The van der Waals surface area contributed by atoms with Crippen LogP contribution in [0.3, 0.4) is 0 Å². The van der Waals surface area contributed by atoms with E-state index in [0.29, 0.717) is 18.1 Å². The highest BCUT2D eigenvalue weighted by Gasteiger charge is 2.24. The minimum Gasteiger partial charge on any atom is -0.508 e. The van der Waals surface area contributed by atoms with Crippen LogP contribution in [0.5, 0.6) is 5.75 Å². The standard InChI is InChI=1S/C19H22N2O3/c1-24-13-14-3-2-10-21(12-14)19(23)16-6-9-18(20-11-16)15-4-7-17(22)8-5-15/h4-9,11,14,22H,2-3,10,12-13H2,1H3/t14-/m1/s1. The van der Waals surface area contributed by atoms with Gasteiger partial charge in [0.15, 0.2) is 0 Å². The highest BCUT2D eigenvalue weighted by atomic mass is 16.5. The molecular formula is C19H22N2O3. The van der Waals surface area contributed by atoms with E-state index >= 15 is 0 Å². The Morgan fingerprint density at radius 2 is 2.08 bits per heavy atom. The Bertz CT molecular complexity index is 681. The van der Waals surface area contributed by atoms with Crippen LogP contribution in [0.15, 0.2) is 42.6 Å². The summed E-state index contributed by atoms with van der Waals surface area (Å²) >= 11 is 0. The number of nitrogens with zero attached hydrogens (tertiary/aromatic N) is 2. The molecule has 0 saturated carbocycles. The Morgan fingerprint density at radius 3 is 2.75 bits per heavy atom. The van der Waals surface area contributed by atoms with Crippen LogP contribution in [0.4, 0.5) is 0 Å². The van der Waals surface area contributed by atoms with Gasteiger partial charge in [-0.15, -0.1) is 0 Å². The van der Waals surface area contributed by atoms with Gasteiger partial charge in [-0.3, -0.25) is 9.78 Å². The predicted molar refractivity (Wildman–Crippen MR) is 91.8 cm³/mol. The van der Waals surface area contributed by atoms with Crippen LogP contribution in [-0.4, -0.2) is 47.7 Å². The fraction of sp³-hybridized carbons (Fsp3) is 0.368. The maximum Gasteiger partial charge on any atom is 0.255 e. The van der Waals surface area contributed by atoms with Crippen LogP contribution in [-0.2, 0) is 4.74 Å². The molecule has 1 atom stereocenters. The fourth-order valence-corrected chi connectivity index (χ4v) is 3.13. The van der Waals surface area contributed by atoms with Gasteiger partial charge in [0.25, 0.3) is 5.91 Å². The van der Waals surface area contributed by atoms with Gasteiger partial charge in [-0.2, -0.15) is 0 Å². The third-order valence-corrected chi connectivity index (χ3v) is 4.38. The third kappa shape index (κ3) is 3.74. The van der Waals surface area contributed by atoms with E-state index in [0.717, 1.165) is 37.2 Å². The number of hydrogen-bond acceptors (Lipinski definition) is 4. The summed E-state index contributed by atoms with van der Waals surface area (Å²) in [5, 5.41) is 9.34. The van der Waals surface area contributed by atoms with Crippen LogP contribution in [0.25, 0.3) is 11.3 Å². The third-order valence-electron chi connectivity index (χ3n) is 4.38. The number of methoxy groups -OCH3 is 1. The monoisotopic (exact) mass is 326 g/mol. The minimum absolute atomic E-state index is 0.0283. The maximum atomic E-state index is 12.7. The molecule has 1 fully saturated rings. The Labute approximate surface area is 141 Å². The zero-order chi connectivity index (χ0) is 16.9. The van der Waals surface area contributed by atoms with Crippen LogP contribution in [0.1, 0.15) is 23.2 Å². The van der Waals surface area contributed by atoms with Crippen molar-refractivity contribution in [3.63, 3.8) is 0 Å². The smallest absolute Gasteiger partial charge is 0.255 e. The van der Waals surface area contributed by atoms with Crippen molar-refractivity contribution in [1.29, 1.82) is 0 Å². The second-order valence-corrected chi connectivity index (χ2v) is 6.19. The fourth-order valence-electron chi connectivity index (χ4n) is 3.13. The van der Waals surface area contributed by atoms with Crippen molar-refractivity contribution in [3.8, 4) is 17.0 Å². The molecule has 24 heavy (non-hydrogen) atoms. The zero-order valence-corrected chi connectivity index (χ0v) is 13.8. The molecule has 3 rings (SSSR count). The number of amides is 1. The number of aromatic hydroxyl groups is 1. The molecule has 126 valence electrons. The molecule has 1 aromatic heterocycles. The van der Waals surface area contributed by atoms with Crippen LogP contribution < -0.4 is 0 Å². The molecule has 1 saturated heterocycles. The first-order valence-corrected chi connectivity index (χ1v) is 8.21. The molecular weight excluding hydrogens is 304 g/mol. The van der Waals surface area contributed by atoms with Gasteiger partial charge in [-0.05, 0) is 55.2 Å². The lowest BCUT2D eigenvalue weighted by Crippen LogP contribution is -2.41. The van der Waals surface area contributed by atoms with Crippen molar-refractivity contribution < 1.29 is 14.6 Å². The Kier molecular flexibility index (Phi) is 5.11. The Morgan fingerprint density at radius 1 is 1.29 bits per heavy atom. The summed E-state index contributed by atoms with van der Waals surface area (Å²) in [4.78, 5) is 18.9. The molecule has 0 unspecified atom stereocenters. The van der Waals surface area contributed by atoms with Crippen LogP contribution in [0, 0.1) is 5.92 Å². The average Bonchev–Trinajstić information content (AvgIpc) is 2.62. The number of rotatable bonds is 4. The van der Waals surface area contributed by atoms with E-state index in [1.165, 1.54) is 0 Å². The number of carbonyl (C=O) groups is 1. The van der Waals surface area contributed by atoms with Crippen molar-refractivity contribution in [1.82, 2.24) is 9.88 Å². The van der Waals surface area contributed by atoms with Crippen molar-refractivity contribution in [2.45, 2.75) is 12.8 Å². The molecule has 0 aliphatic carbocycles. The summed E-state index contributed by atoms with van der Waals surface area (Å²) < 4.78 is 5.22. The molecule has 5 nitrogen and oxygen atoms in total. The normalized spacial score (nSPS) is 17.7. The summed E-state index contributed by atoms with van der Waals surface area (Å²) in [5.74, 6) is 0.666. The van der Waals surface area contributed by atoms with Gasteiger partial charge >= 0.3 is 0 Å². The lowest BCUT2D eigenvalue weighted by molar-refractivity contribution is 0.0570. The number of ether oxygens (including phenoxy) is 1. The number of phenolic OH excluding ortho intramolecular Hbond substituents is 1. The van der Waals surface area contributed by atoms with E-state index in [2.05, 4.69) is 4.98 Å². The van der Waals surface area contributed by atoms with Gasteiger partial charge < -0.3 is 14.7 Å². The average molecular weight is 326 g/mol. The first-order valence-electron chi connectivity index (χ1n) is 8.21. The molecule has 2 aromatic rings. The lowest BCUT2D eigenvalue weighted by Gasteiger charge is -2.32.